The van der Waals surface area contributed by atoms with Crippen molar-refractivity contribution in [3.05, 3.63) is 72.1 Å². The average Bonchev–Trinajstić information content (AvgIpc) is 3.51. The molecule has 0 radical (unpaired) electrons. The number of ether oxygens (including phenoxy) is 2. The molecule has 8 heteroatoms. The Hall–Kier alpha value is -1.60. The molecule has 1 N–H and O–H groups in total. The SMILES string of the molecule is COc1cc([C@@H]2c3sc(=O)[nH]c3S[C@H]3[C@@H]4CC[C@H](C4)[C@H]23)ccc1OCc1ccc(Cl)cc1Cl. The van der Waals surface area contributed by atoms with Crippen LogP contribution in [0.3, 0.4) is 0 Å². The molecule has 2 fully saturated rings. The summed E-state index contributed by atoms with van der Waals surface area (Å²) >= 11 is 15.6. The molecular formula is C25H23Cl2NO3S2. The molecular weight excluding hydrogens is 497 g/mol. The van der Waals surface area contributed by atoms with Crippen LogP contribution in [-0.4, -0.2) is 17.3 Å². The van der Waals surface area contributed by atoms with E-state index in [1.165, 1.54) is 41.0 Å². The van der Waals surface area contributed by atoms with Crippen LogP contribution in [0, 0.1) is 17.8 Å². The summed E-state index contributed by atoms with van der Waals surface area (Å²) in [7, 11) is 1.67. The van der Waals surface area contributed by atoms with Crippen LogP contribution in [-0.2, 0) is 6.61 Å². The first kappa shape index (κ1) is 21.9. The Morgan fingerprint density at radius 2 is 1.94 bits per heavy atom. The van der Waals surface area contributed by atoms with Gasteiger partial charge in [-0.1, -0.05) is 46.7 Å². The topological polar surface area (TPSA) is 51.3 Å². The van der Waals surface area contributed by atoms with E-state index in [0.29, 0.717) is 39.3 Å². The Bertz CT molecular complexity index is 1270. The van der Waals surface area contributed by atoms with E-state index in [4.69, 9.17) is 32.7 Å². The van der Waals surface area contributed by atoms with Gasteiger partial charge in [0, 0.05) is 31.7 Å². The summed E-state index contributed by atoms with van der Waals surface area (Å²) in [5.41, 5.74) is 2.06. The molecule has 0 amide bonds. The number of aromatic amines is 1. The van der Waals surface area contributed by atoms with Gasteiger partial charge in [0.2, 0.25) is 0 Å². The van der Waals surface area contributed by atoms with Crippen molar-refractivity contribution in [3.63, 3.8) is 0 Å². The second-order valence-electron chi connectivity index (χ2n) is 9.11. The van der Waals surface area contributed by atoms with Crippen molar-refractivity contribution in [2.75, 3.05) is 7.11 Å². The Morgan fingerprint density at radius 3 is 2.76 bits per heavy atom. The van der Waals surface area contributed by atoms with Crippen molar-refractivity contribution in [2.45, 2.75) is 42.1 Å². The minimum Gasteiger partial charge on any atom is -0.493 e. The Morgan fingerprint density at radius 1 is 1.09 bits per heavy atom. The standard InChI is InChI=1S/C25H23Cl2NO3S2/c1-30-19-9-13(5-7-18(19)31-11-15-4-6-16(26)10-17(15)27)21-20-12-2-3-14(8-12)22(20)32-24-23(21)33-25(29)28-24/h4-7,9-10,12,14,20-22H,2-3,8,11H2,1H3,(H,28,29)/t12-,14-,20-,21+,22+/m1/s1. The van der Waals surface area contributed by atoms with Gasteiger partial charge in [-0.3, -0.25) is 4.79 Å². The number of methoxy groups -OCH3 is 1. The molecule has 1 aliphatic heterocycles. The number of benzene rings is 2. The summed E-state index contributed by atoms with van der Waals surface area (Å²) < 4.78 is 11.8. The van der Waals surface area contributed by atoms with Crippen molar-refractivity contribution in [1.82, 2.24) is 4.98 Å². The smallest absolute Gasteiger partial charge is 0.305 e. The number of aromatic nitrogens is 1. The summed E-state index contributed by atoms with van der Waals surface area (Å²) in [6, 6.07) is 11.6. The first-order chi connectivity index (χ1) is 16.0. The zero-order valence-corrected chi connectivity index (χ0v) is 21.1. The number of fused-ring (bicyclic) bond motifs is 6. The first-order valence-electron chi connectivity index (χ1n) is 11.2. The number of nitrogens with one attached hydrogen (secondary N) is 1. The van der Waals surface area contributed by atoms with Gasteiger partial charge in [0.05, 0.1) is 12.1 Å². The molecule has 2 bridgehead atoms. The summed E-state index contributed by atoms with van der Waals surface area (Å²) in [4.78, 5) is 16.6. The van der Waals surface area contributed by atoms with E-state index in [-0.39, 0.29) is 10.8 Å². The minimum atomic E-state index is 0.0385. The lowest BCUT2D eigenvalue weighted by molar-refractivity contribution is 0.282. The van der Waals surface area contributed by atoms with E-state index in [0.717, 1.165) is 22.4 Å². The van der Waals surface area contributed by atoms with Crippen LogP contribution in [0.5, 0.6) is 11.5 Å². The van der Waals surface area contributed by atoms with Crippen LogP contribution in [0.1, 0.15) is 41.2 Å². The minimum absolute atomic E-state index is 0.0385. The van der Waals surface area contributed by atoms with Crippen LogP contribution in [0.2, 0.25) is 10.0 Å². The van der Waals surface area contributed by atoms with Gasteiger partial charge < -0.3 is 14.5 Å². The maximum atomic E-state index is 12.3. The average molecular weight is 521 g/mol. The molecule has 2 saturated carbocycles. The molecule has 2 aliphatic carbocycles. The largest absolute Gasteiger partial charge is 0.493 e. The van der Waals surface area contributed by atoms with Gasteiger partial charge >= 0.3 is 4.87 Å². The van der Waals surface area contributed by atoms with Gasteiger partial charge in [0.25, 0.3) is 0 Å². The highest BCUT2D eigenvalue weighted by atomic mass is 35.5. The Labute approximate surface area is 210 Å². The fourth-order valence-corrected chi connectivity index (χ4v) is 9.37. The number of halogens is 2. The van der Waals surface area contributed by atoms with E-state index < -0.39 is 0 Å². The molecule has 6 rings (SSSR count). The molecule has 3 aliphatic rings. The zero-order valence-electron chi connectivity index (χ0n) is 18.0. The number of thioether (sulfide) groups is 1. The fraction of sp³-hybridized carbons (Fsp3) is 0.400. The molecule has 1 aromatic heterocycles. The zero-order chi connectivity index (χ0) is 22.7. The van der Waals surface area contributed by atoms with Gasteiger partial charge in [-0.05, 0) is 66.8 Å². The predicted octanol–water partition coefficient (Wildman–Crippen LogP) is 6.98. The summed E-state index contributed by atoms with van der Waals surface area (Å²) in [5, 5.41) is 2.83. The molecule has 33 heavy (non-hydrogen) atoms. The van der Waals surface area contributed by atoms with Crippen molar-refractivity contribution in [1.29, 1.82) is 0 Å². The lowest BCUT2D eigenvalue weighted by atomic mass is 9.75. The Kier molecular flexibility index (Phi) is 5.68. The van der Waals surface area contributed by atoms with Gasteiger partial charge in [-0.2, -0.15) is 0 Å². The third-order valence-electron chi connectivity index (χ3n) is 7.41. The molecule has 0 saturated heterocycles. The maximum Gasteiger partial charge on any atom is 0.305 e. The summed E-state index contributed by atoms with van der Waals surface area (Å²) in [5.74, 6) is 3.65. The third kappa shape index (κ3) is 3.79. The first-order valence-corrected chi connectivity index (χ1v) is 13.6. The predicted molar refractivity (Wildman–Crippen MR) is 135 cm³/mol. The van der Waals surface area contributed by atoms with E-state index in [1.807, 2.05) is 23.9 Å². The van der Waals surface area contributed by atoms with Crippen molar-refractivity contribution in [2.24, 2.45) is 17.8 Å². The molecule has 2 aromatic carbocycles. The highest BCUT2D eigenvalue weighted by molar-refractivity contribution is 8.00. The second-order valence-corrected chi connectivity index (χ2v) is 12.2. The molecule has 2 heterocycles. The number of H-pyrrole nitrogens is 1. The van der Waals surface area contributed by atoms with Gasteiger partial charge in [-0.25, -0.2) is 0 Å². The molecule has 172 valence electrons. The van der Waals surface area contributed by atoms with E-state index >= 15 is 0 Å². The Balaban J connectivity index is 1.33. The van der Waals surface area contributed by atoms with E-state index in [9.17, 15) is 4.79 Å². The molecule has 4 nitrogen and oxygen atoms in total. The van der Waals surface area contributed by atoms with Crippen molar-refractivity contribution in [3.8, 4) is 11.5 Å². The van der Waals surface area contributed by atoms with Gasteiger partial charge in [0.1, 0.15) is 6.61 Å². The number of hydrogen-bond acceptors (Lipinski definition) is 5. The van der Waals surface area contributed by atoms with Crippen LogP contribution in [0.15, 0.2) is 46.2 Å². The molecule has 0 unspecified atom stereocenters. The fourth-order valence-electron chi connectivity index (χ4n) is 6.01. The second kappa shape index (κ2) is 8.56. The number of hydrogen-bond donors (Lipinski definition) is 1. The van der Waals surface area contributed by atoms with Crippen LogP contribution < -0.4 is 14.3 Å². The highest BCUT2D eigenvalue weighted by Gasteiger charge is 2.54. The number of rotatable bonds is 5. The van der Waals surface area contributed by atoms with Crippen molar-refractivity contribution >= 4 is 46.3 Å². The monoisotopic (exact) mass is 519 g/mol. The third-order valence-corrected chi connectivity index (χ3v) is 10.6. The lowest BCUT2D eigenvalue weighted by Crippen LogP contribution is -2.33. The van der Waals surface area contributed by atoms with Gasteiger partial charge in [0.15, 0.2) is 11.5 Å². The highest BCUT2D eigenvalue weighted by Crippen LogP contribution is 2.63. The molecule has 3 aromatic rings. The van der Waals surface area contributed by atoms with Crippen molar-refractivity contribution < 1.29 is 9.47 Å². The molecule has 0 spiro atoms. The summed E-state index contributed by atoms with van der Waals surface area (Å²) in [6.45, 7) is 0.323. The number of thiazole rings is 1. The molecule has 5 atom stereocenters. The quantitative estimate of drug-likeness (QED) is 0.394. The van der Waals surface area contributed by atoms with E-state index in [1.54, 1.807) is 19.2 Å². The maximum absolute atomic E-state index is 12.3. The lowest BCUT2D eigenvalue weighted by Gasteiger charge is -2.40. The van der Waals surface area contributed by atoms with Gasteiger partial charge in [-0.15, -0.1) is 11.8 Å². The van der Waals surface area contributed by atoms with Crippen LogP contribution >= 0.6 is 46.3 Å². The van der Waals surface area contributed by atoms with E-state index in [2.05, 4.69) is 17.1 Å². The summed E-state index contributed by atoms with van der Waals surface area (Å²) in [6.07, 6.45) is 3.94. The van der Waals surface area contributed by atoms with Crippen LogP contribution in [0.25, 0.3) is 0 Å². The normalized spacial score (nSPS) is 27.3. The van der Waals surface area contributed by atoms with Crippen LogP contribution in [0.4, 0.5) is 0 Å².